The van der Waals surface area contributed by atoms with E-state index in [1.165, 1.54) is 4.90 Å². The number of anilines is 1. The number of amides is 2. The lowest BCUT2D eigenvalue weighted by molar-refractivity contribution is -0.139. The van der Waals surface area contributed by atoms with Crippen LogP contribution in [0.4, 0.5) is 5.69 Å². The second-order valence-electron chi connectivity index (χ2n) is 9.33. The molecule has 0 saturated carbocycles. The van der Waals surface area contributed by atoms with Gasteiger partial charge in [-0.25, -0.2) is 8.42 Å². The van der Waals surface area contributed by atoms with Gasteiger partial charge < -0.3 is 10.2 Å². The maximum Gasteiger partial charge on any atom is 0.244 e. The van der Waals surface area contributed by atoms with E-state index in [1.807, 2.05) is 81.4 Å². The number of rotatable bonds is 12. The van der Waals surface area contributed by atoms with E-state index < -0.39 is 28.5 Å². The fourth-order valence-electron chi connectivity index (χ4n) is 4.36. The number of sulfonamides is 1. The van der Waals surface area contributed by atoms with E-state index in [4.69, 9.17) is 0 Å². The first-order valence-electron chi connectivity index (χ1n) is 12.7. The van der Waals surface area contributed by atoms with Crippen molar-refractivity contribution in [3.05, 3.63) is 78.4 Å². The van der Waals surface area contributed by atoms with Crippen molar-refractivity contribution in [1.82, 2.24) is 10.2 Å². The Kier molecular flexibility index (Phi) is 9.69. The molecule has 1 N–H and O–H groups in total. The van der Waals surface area contributed by atoms with Gasteiger partial charge in [0.05, 0.1) is 11.9 Å². The lowest BCUT2D eigenvalue weighted by Gasteiger charge is -2.33. The summed E-state index contributed by atoms with van der Waals surface area (Å²) in [5, 5.41) is 4.60. The molecule has 2 amide bonds. The summed E-state index contributed by atoms with van der Waals surface area (Å²) in [6.07, 6.45) is 2.83. The van der Waals surface area contributed by atoms with Crippen molar-refractivity contribution in [1.29, 1.82) is 0 Å². The van der Waals surface area contributed by atoms with Crippen LogP contribution in [0, 0.1) is 0 Å². The van der Waals surface area contributed by atoms with E-state index in [9.17, 15) is 18.0 Å². The summed E-state index contributed by atoms with van der Waals surface area (Å²) < 4.78 is 27.0. The number of benzene rings is 3. The second-order valence-corrected chi connectivity index (χ2v) is 11.2. The number of hydrogen-bond donors (Lipinski definition) is 1. The molecule has 0 heterocycles. The first-order valence-corrected chi connectivity index (χ1v) is 14.6. The van der Waals surface area contributed by atoms with Crippen LogP contribution in [0.15, 0.2) is 72.8 Å². The minimum atomic E-state index is -3.80. The highest BCUT2D eigenvalue weighted by atomic mass is 32.2. The molecular weight excluding hydrogens is 486 g/mol. The predicted octanol–water partition coefficient (Wildman–Crippen LogP) is 4.37. The third-order valence-corrected chi connectivity index (χ3v) is 7.71. The number of carbonyl (C=O) groups excluding carboxylic acids is 2. The first-order chi connectivity index (χ1) is 17.7. The average Bonchev–Trinajstić information content (AvgIpc) is 2.89. The Labute approximate surface area is 220 Å². The van der Waals surface area contributed by atoms with E-state index in [1.54, 1.807) is 12.1 Å². The smallest absolute Gasteiger partial charge is 0.244 e. The first kappa shape index (κ1) is 28.2. The minimum absolute atomic E-state index is 0.0316. The number of fused-ring (bicyclic) bond motifs is 1. The molecule has 3 rings (SSSR count). The molecule has 0 fully saturated rings. The van der Waals surface area contributed by atoms with Gasteiger partial charge in [0, 0.05) is 18.0 Å². The summed E-state index contributed by atoms with van der Waals surface area (Å²) in [6, 6.07) is 21.9. The molecule has 3 aromatic rings. The molecule has 0 unspecified atom stereocenters. The van der Waals surface area contributed by atoms with Crippen molar-refractivity contribution < 1.29 is 18.0 Å². The summed E-state index contributed by atoms with van der Waals surface area (Å²) in [6.45, 7) is 5.67. The number of nitrogens with one attached hydrogen (secondary N) is 1. The zero-order valence-corrected chi connectivity index (χ0v) is 22.9. The maximum absolute atomic E-state index is 13.8. The molecule has 37 heavy (non-hydrogen) atoms. The molecule has 198 valence electrons. The van der Waals surface area contributed by atoms with Gasteiger partial charge in [0.25, 0.3) is 0 Å². The van der Waals surface area contributed by atoms with E-state index >= 15 is 0 Å². The number of nitrogens with zero attached hydrogens (tertiary/aromatic N) is 2. The number of hydrogen-bond acceptors (Lipinski definition) is 4. The lowest BCUT2D eigenvalue weighted by atomic mass is 10.1. The van der Waals surface area contributed by atoms with Gasteiger partial charge in [0.2, 0.25) is 21.8 Å². The van der Waals surface area contributed by atoms with Crippen LogP contribution in [-0.2, 0) is 26.0 Å². The fourth-order valence-corrected chi connectivity index (χ4v) is 5.22. The van der Waals surface area contributed by atoms with Gasteiger partial charge in [-0.2, -0.15) is 0 Å². The topological polar surface area (TPSA) is 86.8 Å². The van der Waals surface area contributed by atoms with Gasteiger partial charge in [-0.1, -0.05) is 80.6 Å². The zero-order valence-electron chi connectivity index (χ0n) is 22.1. The van der Waals surface area contributed by atoms with Crippen molar-refractivity contribution in [2.24, 2.45) is 0 Å². The zero-order chi connectivity index (χ0) is 27.0. The van der Waals surface area contributed by atoms with Gasteiger partial charge in [0.1, 0.15) is 12.6 Å². The Bertz CT molecular complexity index is 1310. The van der Waals surface area contributed by atoms with Gasteiger partial charge in [-0.05, 0) is 43.2 Å². The molecule has 0 aromatic heterocycles. The van der Waals surface area contributed by atoms with Crippen molar-refractivity contribution in [3.63, 3.8) is 0 Å². The normalized spacial score (nSPS) is 13.1. The molecule has 0 aliphatic heterocycles. The van der Waals surface area contributed by atoms with Crippen LogP contribution < -0.4 is 9.62 Å². The van der Waals surface area contributed by atoms with Crippen molar-refractivity contribution in [2.75, 3.05) is 23.7 Å². The van der Waals surface area contributed by atoms with E-state index in [0.29, 0.717) is 25.1 Å². The third-order valence-electron chi connectivity index (χ3n) is 6.59. The van der Waals surface area contributed by atoms with Crippen LogP contribution in [0.5, 0.6) is 0 Å². The fraction of sp³-hybridized carbons (Fsp3) is 0.379. The van der Waals surface area contributed by atoms with Gasteiger partial charge in [-0.3, -0.25) is 13.9 Å². The quantitative estimate of drug-likeness (QED) is 0.382. The Morgan fingerprint density at radius 2 is 1.54 bits per heavy atom. The van der Waals surface area contributed by atoms with E-state index in [0.717, 1.165) is 33.3 Å². The highest BCUT2D eigenvalue weighted by molar-refractivity contribution is 7.92. The van der Waals surface area contributed by atoms with Gasteiger partial charge in [-0.15, -0.1) is 0 Å². The molecule has 3 aromatic carbocycles. The lowest BCUT2D eigenvalue weighted by Crippen LogP contribution is -2.54. The molecule has 0 saturated heterocycles. The summed E-state index contributed by atoms with van der Waals surface area (Å²) in [7, 11) is -3.80. The van der Waals surface area contributed by atoms with Crippen molar-refractivity contribution >= 4 is 38.3 Å². The standard InChI is InChI=1S/C29H37N3O4S/c1-5-22(3)30-29(34)26(6-2)31(20-19-23-13-8-7-9-14-23)28(33)21-32(37(4,35)36)27-18-12-16-24-15-10-11-17-25(24)27/h7-18,22,26H,5-6,19-21H2,1-4H3,(H,30,34)/t22-,26+/m0/s1. The Morgan fingerprint density at radius 1 is 0.892 bits per heavy atom. The molecule has 0 spiro atoms. The third kappa shape index (κ3) is 7.32. The van der Waals surface area contributed by atoms with E-state index in [-0.39, 0.29) is 11.9 Å². The summed E-state index contributed by atoms with van der Waals surface area (Å²) in [5.74, 6) is -0.644. The van der Waals surface area contributed by atoms with Crippen LogP contribution in [0.25, 0.3) is 10.8 Å². The Morgan fingerprint density at radius 3 is 2.19 bits per heavy atom. The monoisotopic (exact) mass is 523 g/mol. The molecule has 8 heteroatoms. The summed E-state index contributed by atoms with van der Waals surface area (Å²) in [5.41, 5.74) is 1.47. The summed E-state index contributed by atoms with van der Waals surface area (Å²) in [4.78, 5) is 28.6. The summed E-state index contributed by atoms with van der Waals surface area (Å²) >= 11 is 0. The second kappa shape index (κ2) is 12.7. The molecule has 2 atom stereocenters. The van der Waals surface area contributed by atoms with Crippen LogP contribution in [-0.4, -0.2) is 56.6 Å². The highest BCUT2D eigenvalue weighted by Gasteiger charge is 2.32. The van der Waals surface area contributed by atoms with Crippen molar-refractivity contribution in [2.45, 2.75) is 52.1 Å². The maximum atomic E-state index is 13.8. The molecule has 0 bridgehead atoms. The van der Waals surface area contributed by atoms with Gasteiger partial charge in [0.15, 0.2) is 0 Å². The average molecular weight is 524 g/mol. The molecular formula is C29H37N3O4S. The van der Waals surface area contributed by atoms with Crippen LogP contribution in [0.3, 0.4) is 0 Å². The molecule has 0 aliphatic rings. The van der Waals surface area contributed by atoms with Crippen LogP contribution in [0.2, 0.25) is 0 Å². The SMILES string of the molecule is CC[C@H](C(=O)N[C@@H](C)CC)N(CCc1ccccc1)C(=O)CN(c1cccc2ccccc12)S(C)(=O)=O. The Hall–Kier alpha value is -3.39. The Balaban J connectivity index is 1.96. The molecule has 0 radical (unpaired) electrons. The largest absolute Gasteiger partial charge is 0.352 e. The number of carbonyl (C=O) groups is 2. The predicted molar refractivity (Wildman–Crippen MR) is 150 cm³/mol. The molecule has 7 nitrogen and oxygen atoms in total. The highest BCUT2D eigenvalue weighted by Crippen LogP contribution is 2.28. The van der Waals surface area contributed by atoms with E-state index in [2.05, 4.69) is 5.32 Å². The van der Waals surface area contributed by atoms with Crippen molar-refractivity contribution in [3.8, 4) is 0 Å². The molecule has 0 aliphatic carbocycles. The minimum Gasteiger partial charge on any atom is -0.352 e. The van der Waals surface area contributed by atoms with Crippen LogP contribution >= 0.6 is 0 Å². The van der Waals surface area contributed by atoms with Crippen LogP contribution in [0.1, 0.15) is 39.2 Å². The van der Waals surface area contributed by atoms with Gasteiger partial charge >= 0.3 is 0 Å².